The number of ether oxygens (including phenoxy) is 3. The van der Waals surface area contributed by atoms with Crippen LogP contribution in [-0.4, -0.2) is 39.2 Å². The predicted molar refractivity (Wildman–Crippen MR) is 89.8 cm³/mol. The Bertz CT molecular complexity index is 771. The second-order valence-electron chi connectivity index (χ2n) is 5.02. The molecule has 0 aliphatic carbocycles. The van der Waals surface area contributed by atoms with Gasteiger partial charge in [0, 0.05) is 18.0 Å². The summed E-state index contributed by atoms with van der Waals surface area (Å²) in [5, 5.41) is 0. The summed E-state index contributed by atoms with van der Waals surface area (Å²) < 4.78 is 39.2. The number of nitrogens with zero attached hydrogens (tertiary/aromatic N) is 1. The van der Waals surface area contributed by atoms with Crippen molar-refractivity contribution in [1.82, 2.24) is 0 Å². The molecule has 0 saturated heterocycles. The Kier molecular flexibility index (Phi) is 6.48. The fourth-order valence-electron chi connectivity index (χ4n) is 2.25. The van der Waals surface area contributed by atoms with Gasteiger partial charge in [-0.05, 0) is 24.3 Å². The molecule has 26 heavy (non-hydrogen) atoms. The van der Waals surface area contributed by atoms with Crippen molar-refractivity contribution in [2.45, 2.75) is 6.43 Å². The molecule has 0 unspecified atom stereocenters. The first-order valence-corrected chi connectivity index (χ1v) is 7.54. The molecule has 1 aliphatic heterocycles. The van der Waals surface area contributed by atoms with E-state index in [-0.39, 0.29) is 17.0 Å². The van der Waals surface area contributed by atoms with E-state index in [9.17, 15) is 18.4 Å². The van der Waals surface area contributed by atoms with Crippen molar-refractivity contribution in [2.75, 3.05) is 25.7 Å². The van der Waals surface area contributed by atoms with Crippen molar-refractivity contribution >= 4 is 17.6 Å². The Morgan fingerprint density at radius 2 is 1.85 bits per heavy atom. The van der Waals surface area contributed by atoms with Gasteiger partial charge in [0.05, 0.1) is 19.8 Å². The van der Waals surface area contributed by atoms with E-state index in [0.29, 0.717) is 5.69 Å². The molecule has 1 heterocycles. The van der Waals surface area contributed by atoms with Gasteiger partial charge >= 0.3 is 11.9 Å². The normalized spacial score (nSPS) is 13.7. The van der Waals surface area contributed by atoms with E-state index in [1.807, 2.05) is 0 Å². The summed E-state index contributed by atoms with van der Waals surface area (Å²) in [4.78, 5) is 25.8. The Morgan fingerprint density at radius 1 is 1.12 bits per heavy atom. The lowest BCUT2D eigenvalue weighted by Gasteiger charge is -2.23. The maximum absolute atomic E-state index is 12.3. The quantitative estimate of drug-likeness (QED) is 0.723. The fourth-order valence-corrected chi connectivity index (χ4v) is 2.25. The molecule has 0 amide bonds. The number of esters is 2. The molecule has 1 aliphatic rings. The zero-order valence-corrected chi connectivity index (χ0v) is 14.1. The second kappa shape index (κ2) is 8.80. The molecule has 8 heteroatoms. The van der Waals surface area contributed by atoms with Crippen LogP contribution in [-0.2, 0) is 19.1 Å². The van der Waals surface area contributed by atoms with E-state index in [2.05, 4.69) is 0 Å². The molecule has 0 radical (unpaired) electrons. The number of benzene rings is 1. The molecule has 138 valence electrons. The maximum Gasteiger partial charge on any atom is 0.355 e. The molecule has 0 fully saturated rings. The van der Waals surface area contributed by atoms with Gasteiger partial charge in [-0.15, -0.1) is 0 Å². The van der Waals surface area contributed by atoms with Gasteiger partial charge in [-0.25, -0.2) is 18.4 Å². The summed E-state index contributed by atoms with van der Waals surface area (Å²) >= 11 is 0. The van der Waals surface area contributed by atoms with Crippen LogP contribution in [0.5, 0.6) is 5.75 Å². The van der Waals surface area contributed by atoms with Gasteiger partial charge in [-0.3, -0.25) is 0 Å². The topological polar surface area (TPSA) is 65.1 Å². The van der Waals surface area contributed by atoms with Crippen molar-refractivity contribution in [2.24, 2.45) is 0 Å². The first-order valence-electron chi connectivity index (χ1n) is 7.54. The van der Waals surface area contributed by atoms with E-state index >= 15 is 0 Å². The lowest BCUT2D eigenvalue weighted by atomic mass is 10.1. The van der Waals surface area contributed by atoms with Crippen molar-refractivity contribution in [3.05, 3.63) is 60.0 Å². The molecular weight excluding hydrogens is 348 g/mol. The average molecular weight is 365 g/mol. The maximum atomic E-state index is 12.3. The summed E-state index contributed by atoms with van der Waals surface area (Å²) in [6.45, 7) is -0.756. The van der Waals surface area contributed by atoms with Crippen LogP contribution in [0.25, 0.3) is 0 Å². The Hall–Kier alpha value is -3.16. The third kappa shape index (κ3) is 4.47. The number of carbonyl (C=O) groups is 2. The monoisotopic (exact) mass is 365 g/mol. The minimum Gasteiger partial charge on any atom is -0.488 e. The van der Waals surface area contributed by atoms with Crippen molar-refractivity contribution in [1.29, 1.82) is 0 Å². The molecule has 1 aromatic rings. The molecular formula is C18H17F2NO5. The van der Waals surface area contributed by atoms with Crippen LogP contribution in [0.15, 0.2) is 60.0 Å². The van der Waals surface area contributed by atoms with Crippen LogP contribution in [0.1, 0.15) is 0 Å². The molecule has 0 atom stereocenters. The molecule has 0 saturated carbocycles. The van der Waals surface area contributed by atoms with Gasteiger partial charge in [0.25, 0.3) is 6.43 Å². The Morgan fingerprint density at radius 3 is 2.50 bits per heavy atom. The first kappa shape index (κ1) is 19.2. The highest BCUT2D eigenvalue weighted by atomic mass is 19.3. The summed E-state index contributed by atoms with van der Waals surface area (Å²) in [7, 11) is 2.38. The molecule has 2 rings (SSSR count). The van der Waals surface area contributed by atoms with Gasteiger partial charge in [0.1, 0.15) is 18.1 Å². The van der Waals surface area contributed by atoms with Crippen LogP contribution in [0.2, 0.25) is 0 Å². The largest absolute Gasteiger partial charge is 0.488 e. The summed E-state index contributed by atoms with van der Waals surface area (Å²) in [6.07, 6.45) is 3.51. The number of hydrogen-bond donors (Lipinski definition) is 0. The highest BCUT2D eigenvalue weighted by Crippen LogP contribution is 2.29. The molecule has 0 aromatic heterocycles. The smallest absolute Gasteiger partial charge is 0.355 e. The number of hydrogen-bond acceptors (Lipinski definition) is 6. The standard InChI is InChI=1S/C18H17F2NO5/c1-24-17(22)14-8-3-4-9-21(16(14)18(23)25-2)12-6-5-7-13(10-12)26-11-15(19)20/h3-10,15H,11H2,1-2H3. The van der Waals surface area contributed by atoms with Gasteiger partial charge < -0.3 is 19.1 Å². The number of anilines is 1. The lowest BCUT2D eigenvalue weighted by Crippen LogP contribution is -2.27. The number of allylic oxidation sites excluding steroid dienone is 2. The van der Waals surface area contributed by atoms with E-state index in [4.69, 9.17) is 14.2 Å². The number of halogens is 2. The summed E-state index contributed by atoms with van der Waals surface area (Å²) in [5.41, 5.74) is 0.331. The molecule has 0 N–H and O–H groups in total. The lowest BCUT2D eigenvalue weighted by molar-refractivity contribution is -0.139. The molecule has 0 bridgehead atoms. The number of rotatable bonds is 6. The van der Waals surface area contributed by atoms with E-state index in [1.165, 1.54) is 43.5 Å². The average Bonchev–Trinajstić information content (AvgIpc) is 2.88. The zero-order valence-electron chi connectivity index (χ0n) is 14.1. The van der Waals surface area contributed by atoms with Crippen LogP contribution in [0.3, 0.4) is 0 Å². The molecule has 1 aromatic carbocycles. The van der Waals surface area contributed by atoms with E-state index in [1.54, 1.807) is 24.3 Å². The van der Waals surface area contributed by atoms with Crippen molar-refractivity contribution < 1.29 is 32.6 Å². The van der Waals surface area contributed by atoms with Crippen LogP contribution < -0.4 is 9.64 Å². The number of methoxy groups -OCH3 is 2. The highest BCUT2D eigenvalue weighted by Gasteiger charge is 2.27. The third-order valence-electron chi connectivity index (χ3n) is 3.36. The third-order valence-corrected chi connectivity index (χ3v) is 3.36. The second-order valence-corrected chi connectivity index (χ2v) is 5.02. The number of carbonyl (C=O) groups excluding carboxylic acids is 2. The summed E-state index contributed by atoms with van der Waals surface area (Å²) in [6, 6.07) is 6.18. The Labute approximate surface area is 148 Å². The van der Waals surface area contributed by atoms with Gasteiger partial charge in [0.15, 0.2) is 0 Å². The van der Waals surface area contributed by atoms with Gasteiger partial charge in [0.2, 0.25) is 0 Å². The highest BCUT2D eigenvalue weighted by molar-refractivity contribution is 6.05. The molecule has 6 nitrogen and oxygen atoms in total. The zero-order chi connectivity index (χ0) is 19.1. The minimum atomic E-state index is -2.61. The van der Waals surface area contributed by atoms with Gasteiger partial charge in [-0.1, -0.05) is 12.1 Å². The molecule has 0 spiro atoms. The van der Waals surface area contributed by atoms with E-state index in [0.717, 1.165) is 0 Å². The van der Waals surface area contributed by atoms with Gasteiger partial charge in [-0.2, -0.15) is 0 Å². The Balaban J connectivity index is 2.49. The van der Waals surface area contributed by atoms with E-state index < -0.39 is 25.0 Å². The fraction of sp³-hybridized carbons (Fsp3) is 0.222. The first-order chi connectivity index (χ1) is 12.5. The predicted octanol–water partition coefficient (Wildman–Crippen LogP) is 2.82. The van der Waals surface area contributed by atoms with Crippen molar-refractivity contribution in [3.8, 4) is 5.75 Å². The van der Waals surface area contributed by atoms with Crippen LogP contribution >= 0.6 is 0 Å². The summed E-state index contributed by atoms with van der Waals surface area (Å²) in [5.74, 6) is -1.29. The number of alkyl halides is 2. The van der Waals surface area contributed by atoms with Crippen LogP contribution in [0.4, 0.5) is 14.5 Å². The SMILES string of the molecule is COC(=O)C1=C(C(=O)OC)N(c2cccc(OCC(F)F)c2)C=CC=C1. The minimum absolute atomic E-state index is 0.0109. The van der Waals surface area contributed by atoms with Crippen LogP contribution in [0, 0.1) is 0 Å². The van der Waals surface area contributed by atoms with Crippen molar-refractivity contribution in [3.63, 3.8) is 0 Å².